The van der Waals surface area contributed by atoms with Crippen LogP contribution >= 0.6 is 0 Å². The Labute approximate surface area is 103 Å². The second kappa shape index (κ2) is 5.96. The maximum absolute atomic E-state index is 4.35. The highest BCUT2D eigenvalue weighted by atomic mass is 15.3. The molecule has 1 fully saturated rings. The fraction of sp³-hybridized carbons (Fsp3) is 0.692. The molecule has 4 nitrogen and oxygen atoms in total. The molecule has 1 aromatic heterocycles. The number of anilines is 1. The van der Waals surface area contributed by atoms with Gasteiger partial charge in [-0.3, -0.25) is 0 Å². The summed E-state index contributed by atoms with van der Waals surface area (Å²) in [7, 11) is 0. The van der Waals surface area contributed by atoms with Gasteiger partial charge in [-0.2, -0.15) is 5.10 Å². The summed E-state index contributed by atoms with van der Waals surface area (Å²) in [4.78, 5) is 2.31. The third-order valence-corrected chi connectivity index (χ3v) is 2.99. The van der Waals surface area contributed by atoms with Crippen LogP contribution in [0.4, 0.5) is 5.82 Å². The van der Waals surface area contributed by atoms with Crippen molar-refractivity contribution in [3.63, 3.8) is 0 Å². The van der Waals surface area contributed by atoms with Crippen molar-refractivity contribution < 1.29 is 0 Å². The van der Waals surface area contributed by atoms with Crippen molar-refractivity contribution in [2.75, 3.05) is 31.1 Å². The third-order valence-electron chi connectivity index (χ3n) is 2.99. The van der Waals surface area contributed by atoms with Crippen molar-refractivity contribution >= 4 is 5.82 Å². The minimum Gasteiger partial charge on any atom is -0.354 e. The third kappa shape index (κ3) is 3.66. The minimum absolute atomic E-state index is 0.637. The Morgan fingerprint density at radius 2 is 2.12 bits per heavy atom. The molecule has 0 bridgehead atoms. The molecule has 4 heteroatoms. The van der Waals surface area contributed by atoms with Crippen LogP contribution in [0.1, 0.15) is 26.0 Å². The largest absolute Gasteiger partial charge is 0.354 e. The predicted octanol–water partition coefficient (Wildman–Crippen LogP) is 1.47. The number of nitrogens with one attached hydrogen (secondary N) is 1. The molecule has 0 aliphatic carbocycles. The van der Waals surface area contributed by atoms with Crippen molar-refractivity contribution in [3.8, 4) is 0 Å². The van der Waals surface area contributed by atoms with Gasteiger partial charge in [-0.25, -0.2) is 0 Å². The molecule has 2 heterocycles. The number of nitrogens with zero attached hydrogens (tertiary/aromatic N) is 3. The van der Waals surface area contributed by atoms with Gasteiger partial charge in [0.2, 0.25) is 0 Å². The number of aromatic nitrogens is 2. The molecule has 17 heavy (non-hydrogen) atoms. The summed E-state index contributed by atoms with van der Waals surface area (Å²) < 4.78 is 0. The van der Waals surface area contributed by atoms with Crippen molar-refractivity contribution in [1.82, 2.24) is 15.5 Å². The zero-order chi connectivity index (χ0) is 12.1. The van der Waals surface area contributed by atoms with Crippen LogP contribution in [-0.4, -0.2) is 36.4 Å². The first kappa shape index (κ1) is 12.3. The van der Waals surface area contributed by atoms with Gasteiger partial charge in [0.25, 0.3) is 0 Å². The van der Waals surface area contributed by atoms with Gasteiger partial charge in [0.15, 0.2) is 5.82 Å². The number of hydrogen-bond donors (Lipinski definition) is 1. The quantitative estimate of drug-likeness (QED) is 0.860. The first-order chi connectivity index (χ1) is 8.25. The Hall–Kier alpha value is -1.16. The molecule has 2 rings (SSSR count). The van der Waals surface area contributed by atoms with Crippen molar-refractivity contribution in [3.05, 3.63) is 17.8 Å². The van der Waals surface area contributed by atoms with Crippen LogP contribution in [-0.2, 0) is 6.42 Å². The molecule has 0 spiro atoms. The Balaban J connectivity index is 2.00. The van der Waals surface area contributed by atoms with E-state index in [0.717, 1.165) is 44.1 Å². The van der Waals surface area contributed by atoms with Crippen LogP contribution in [0.2, 0.25) is 0 Å². The molecule has 1 saturated heterocycles. The molecule has 1 aliphatic rings. The van der Waals surface area contributed by atoms with E-state index in [9.17, 15) is 0 Å². The fourth-order valence-electron chi connectivity index (χ4n) is 2.12. The molecule has 0 atom stereocenters. The highest BCUT2D eigenvalue weighted by Crippen LogP contribution is 2.12. The monoisotopic (exact) mass is 234 g/mol. The molecule has 0 radical (unpaired) electrons. The topological polar surface area (TPSA) is 41.0 Å². The van der Waals surface area contributed by atoms with Gasteiger partial charge in [-0.1, -0.05) is 13.8 Å². The van der Waals surface area contributed by atoms with Gasteiger partial charge in [0, 0.05) is 19.6 Å². The average molecular weight is 234 g/mol. The molecule has 1 aromatic rings. The molecule has 0 amide bonds. The predicted molar refractivity (Wildman–Crippen MR) is 70.3 cm³/mol. The molecular weight excluding hydrogens is 212 g/mol. The zero-order valence-electron chi connectivity index (χ0n) is 10.8. The summed E-state index contributed by atoms with van der Waals surface area (Å²) in [5, 5.41) is 12.1. The second-order valence-electron chi connectivity index (χ2n) is 5.07. The lowest BCUT2D eigenvalue weighted by molar-refractivity contribution is 0.626. The van der Waals surface area contributed by atoms with E-state index in [4.69, 9.17) is 0 Å². The van der Waals surface area contributed by atoms with Crippen LogP contribution in [0.5, 0.6) is 0 Å². The van der Waals surface area contributed by atoms with Crippen LogP contribution in [0, 0.1) is 5.92 Å². The maximum Gasteiger partial charge on any atom is 0.151 e. The van der Waals surface area contributed by atoms with Gasteiger partial charge >= 0.3 is 0 Å². The van der Waals surface area contributed by atoms with E-state index >= 15 is 0 Å². The Morgan fingerprint density at radius 1 is 1.24 bits per heavy atom. The summed E-state index contributed by atoms with van der Waals surface area (Å²) >= 11 is 0. The molecule has 0 saturated carbocycles. The lowest BCUT2D eigenvalue weighted by Crippen LogP contribution is -2.28. The van der Waals surface area contributed by atoms with Crippen LogP contribution in [0.25, 0.3) is 0 Å². The normalized spacial score (nSPS) is 17.2. The van der Waals surface area contributed by atoms with E-state index < -0.39 is 0 Å². The van der Waals surface area contributed by atoms with Crippen LogP contribution in [0.3, 0.4) is 0 Å². The Kier molecular flexibility index (Phi) is 4.31. The lowest BCUT2D eigenvalue weighted by Gasteiger charge is -2.20. The zero-order valence-corrected chi connectivity index (χ0v) is 10.8. The van der Waals surface area contributed by atoms with Gasteiger partial charge in [-0.05, 0) is 37.4 Å². The first-order valence-electron chi connectivity index (χ1n) is 6.54. The van der Waals surface area contributed by atoms with Crippen molar-refractivity contribution in [2.45, 2.75) is 26.7 Å². The fourth-order valence-corrected chi connectivity index (χ4v) is 2.12. The second-order valence-corrected chi connectivity index (χ2v) is 5.07. The molecule has 94 valence electrons. The number of hydrogen-bond acceptors (Lipinski definition) is 4. The van der Waals surface area contributed by atoms with Gasteiger partial charge in [0.05, 0.1) is 5.69 Å². The van der Waals surface area contributed by atoms with Gasteiger partial charge in [0.1, 0.15) is 0 Å². The van der Waals surface area contributed by atoms with Crippen molar-refractivity contribution in [2.24, 2.45) is 5.92 Å². The van der Waals surface area contributed by atoms with Crippen molar-refractivity contribution in [1.29, 1.82) is 0 Å². The smallest absolute Gasteiger partial charge is 0.151 e. The van der Waals surface area contributed by atoms with Crippen LogP contribution < -0.4 is 10.2 Å². The van der Waals surface area contributed by atoms with E-state index in [-0.39, 0.29) is 0 Å². The van der Waals surface area contributed by atoms with E-state index in [1.165, 1.54) is 6.42 Å². The van der Waals surface area contributed by atoms with E-state index in [1.54, 1.807) is 0 Å². The van der Waals surface area contributed by atoms with E-state index in [0.29, 0.717) is 5.92 Å². The van der Waals surface area contributed by atoms with Crippen LogP contribution in [0.15, 0.2) is 12.1 Å². The van der Waals surface area contributed by atoms with Gasteiger partial charge < -0.3 is 10.2 Å². The lowest BCUT2D eigenvalue weighted by atomic mass is 10.1. The first-order valence-corrected chi connectivity index (χ1v) is 6.54. The summed E-state index contributed by atoms with van der Waals surface area (Å²) in [6.07, 6.45) is 2.18. The highest BCUT2D eigenvalue weighted by Gasteiger charge is 2.11. The molecule has 1 aliphatic heterocycles. The highest BCUT2D eigenvalue weighted by molar-refractivity contribution is 5.37. The minimum atomic E-state index is 0.637. The molecule has 1 N–H and O–H groups in total. The molecular formula is C13H22N4. The standard InChI is InChI=1S/C13H22N4/c1-11(2)10-12-4-5-13(16-15-12)17-8-3-6-14-7-9-17/h4-5,11,14H,3,6-10H2,1-2H3. The Bertz CT molecular complexity index is 326. The SMILES string of the molecule is CC(C)Cc1ccc(N2CCCNCC2)nn1. The maximum atomic E-state index is 4.35. The summed E-state index contributed by atoms with van der Waals surface area (Å²) in [5.74, 6) is 1.65. The summed E-state index contributed by atoms with van der Waals surface area (Å²) in [6.45, 7) is 8.65. The molecule has 0 unspecified atom stereocenters. The Morgan fingerprint density at radius 3 is 2.82 bits per heavy atom. The van der Waals surface area contributed by atoms with E-state index in [1.807, 2.05) is 0 Å². The van der Waals surface area contributed by atoms with E-state index in [2.05, 4.69) is 46.4 Å². The summed E-state index contributed by atoms with van der Waals surface area (Å²) in [5.41, 5.74) is 1.09. The average Bonchev–Trinajstić information content (AvgIpc) is 2.58. The van der Waals surface area contributed by atoms with Gasteiger partial charge in [-0.15, -0.1) is 5.10 Å². The summed E-state index contributed by atoms with van der Waals surface area (Å²) in [6, 6.07) is 4.22. The number of rotatable bonds is 3. The molecule has 0 aromatic carbocycles.